The topological polar surface area (TPSA) is 211 Å². The van der Waals surface area contributed by atoms with E-state index in [2.05, 4.69) is 39.2 Å². The first-order chi connectivity index (χ1) is 23.6. The van der Waals surface area contributed by atoms with Crippen LogP contribution >= 0.6 is 24.1 Å². The maximum Gasteiger partial charge on any atom is 0.184 e. The molecule has 4 aromatic carbocycles. The van der Waals surface area contributed by atoms with Gasteiger partial charge in [-0.05, 0) is 74.0 Å². The number of nitrogens with two attached hydrogens (primary N) is 1. The number of azo groups is 2. The van der Waals surface area contributed by atoms with Gasteiger partial charge >= 0.3 is 0 Å². The van der Waals surface area contributed by atoms with Crippen LogP contribution in [0.3, 0.4) is 0 Å². The highest BCUT2D eigenvalue weighted by molar-refractivity contribution is 7.95. The van der Waals surface area contributed by atoms with Crippen LogP contribution in [0.15, 0.2) is 120 Å². The van der Waals surface area contributed by atoms with Crippen molar-refractivity contribution in [3.8, 4) is 5.75 Å². The van der Waals surface area contributed by atoms with Gasteiger partial charge in [-0.25, -0.2) is 23.5 Å². The van der Waals surface area contributed by atoms with E-state index in [0.29, 0.717) is 35.2 Å². The molecule has 0 fully saturated rings. The summed E-state index contributed by atoms with van der Waals surface area (Å²) in [6.07, 6.45) is 3.63. The van der Waals surface area contributed by atoms with Crippen molar-refractivity contribution >= 4 is 73.1 Å². The molecule has 0 aliphatic carbocycles. The second-order valence-electron chi connectivity index (χ2n) is 10.4. The molecule has 15 nitrogen and oxygen atoms in total. The Morgan fingerprint density at radius 3 is 2.27 bits per heavy atom. The standard InChI is InChI=1S/C31H28N6O9S3/c1-19-5-3-7-21(15-19)33-36-30-28(48-46-44-40)17-24-23(31(30)38)9-10-25(32)29(24)35-34-26-11-8-22(16-27(26)47-45-43-39)49(41,42)14-13-37-12-4-6-20(2)18-37/h3-12,15-18H,13-14,32H2,1-2H3,(H2-,38,39,40)/p+1. The number of nitrogens with zero attached hydrogens (tertiary/aromatic N) is 5. The Bertz CT molecular complexity index is 2150. The Morgan fingerprint density at radius 1 is 0.796 bits per heavy atom. The second-order valence-corrected chi connectivity index (χ2v) is 14.0. The summed E-state index contributed by atoms with van der Waals surface area (Å²) < 4.78 is 37.5. The fraction of sp³-hybridized carbons (Fsp3) is 0.129. The van der Waals surface area contributed by atoms with Gasteiger partial charge < -0.3 is 10.8 Å². The zero-order valence-corrected chi connectivity index (χ0v) is 28.3. The quantitative estimate of drug-likeness (QED) is 0.0213. The zero-order valence-electron chi connectivity index (χ0n) is 25.8. The zero-order chi connectivity index (χ0) is 35.0. The fourth-order valence-corrected chi connectivity index (χ4v) is 6.96. The van der Waals surface area contributed by atoms with E-state index in [1.165, 1.54) is 30.3 Å². The number of aromatic nitrogens is 1. The molecule has 0 bridgehead atoms. The molecular weight excluding hydrogens is 697 g/mol. The van der Waals surface area contributed by atoms with Crippen LogP contribution in [0, 0.1) is 13.8 Å². The van der Waals surface area contributed by atoms with Crippen molar-refractivity contribution in [1.29, 1.82) is 0 Å². The normalized spacial score (nSPS) is 12.1. The van der Waals surface area contributed by atoms with Crippen LogP contribution in [0.4, 0.5) is 28.4 Å². The van der Waals surface area contributed by atoms with E-state index >= 15 is 0 Å². The van der Waals surface area contributed by atoms with Crippen molar-refractivity contribution in [3.05, 3.63) is 96.3 Å². The van der Waals surface area contributed by atoms with Crippen LogP contribution in [-0.4, -0.2) is 29.8 Å². The molecule has 0 aliphatic rings. The first kappa shape index (κ1) is 35.8. The fourth-order valence-electron chi connectivity index (χ4n) is 4.67. The lowest BCUT2D eigenvalue weighted by atomic mass is 10.1. The number of phenolic OH excluding ortho intramolecular Hbond substituents is 1. The summed E-state index contributed by atoms with van der Waals surface area (Å²) in [5, 5.41) is 54.0. The molecule has 1 heterocycles. The first-order valence-corrected chi connectivity index (χ1v) is 17.3. The van der Waals surface area contributed by atoms with Crippen molar-refractivity contribution in [2.45, 2.75) is 35.1 Å². The molecule has 5 aromatic rings. The minimum absolute atomic E-state index is 0.0150. The van der Waals surface area contributed by atoms with E-state index in [1.807, 2.05) is 44.3 Å². The smallest absolute Gasteiger partial charge is 0.184 e. The second kappa shape index (κ2) is 16.3. The van der Waals surface area contributed by atoms with Gasteiger partial charge in [0.2, 0.25) is 0 Å². The van der Waals surface area contributed by atoms with E-state index in [9.17, 15) is 13.5 Å². The Labute approximate surface area is 288 Å². The van der Waals surface area contributed by atoms with E-state index in [-0.39, 0.29) is 60.9 Å². The molecular formula is C31H29N6O9S3+. The maximum atomic E-state index is 13.2. The molecule has 5 rings (SSSR count). The lowest BCUT2D eigenvalue weighted by molar-refractivity contribution is -0.692. The number of sulfone groups is 1. The molecule has 0 radical (unpaired) electrons. The predicted molar refractivity (Wildman–Crippen MR) is 181 cm³/mol. The van der Waals surface area contributed by atoms with Gasteiger partial charge in [-0.1, -0.05) is 22.2 Å². The Morgan fingerprint density at radius 2 is 1.53 bits per heavy atom. The van der Waals surface area contributed by atoms with Crippen LogP contribution in [0.2, 0.25) is 0 Å². The summed E-state index contributed by atoms with van der Waals surface area (Å²) in [6, 6.07) is 19.7. The van der Waals surface area contributed by atoms with Crippen LogP contribution < -0.4 is 10.3 Å². The third-order valence-corrected chi connectivity index (χ3v) is 9.93. The van der Waals surface area contributed by atoms with Gasteiger partial charge in [-0.15, -0.1) is 24.0 Å². The van der Waals surface area contributed by atoms with Crippen LogP contribution in [0.25, 0.3) is 10.8 Å². The van der Waals surface area contributed by atoms with E-state index in [0.717, 1.165) is 11.1 Å². The number of hydrogen-bond donors (Lipinski definition) is 4. The van der Waals surface area contributed by atoms with E-state index in [1.54, 1.807) is 29.0 Å². The van der Waals surface area contributed by atoms with Crippen molar-refractivity contribution in [3.63, 3.8) is 0 Å². The van der Waals surface area contributed by atoms with Crippen LogP contribution in [0.5, 0.6) is 5.75 Å². The Kier molecular flexibility index (Phi) is 11.9. The molecule has 0 spiro atoms. The predicted octanol–water partition coefficient (Wildman–Crippen LogP) is 8.19. The van der Waals surface area contributed by atoms with Crippen molar-refractivity contribution in [1.82, 2.24) is 0 Å². The Balaban J connectivity index is 1.51. The maximum absolute atomic E-state index is 13.2. The molecule has 1 aromatic heterocycles. The van der Waals surface area contributed by atoms with Crippen LogP contribution in [-0.2, 0) is 35.1 Å². The minimum Gasteiger partial charge on any atom is -0.505 e. The van der Waals surface area contributed by atoms with Crippen LogP contribution in [0.1, 0.15) is 11.1 Å². The number of pyridine rings is 1. The van der Waals surface area contributed by atoms with Gasteiger partial charge in [-0.2, -0.15) is 5.11 Å². The summed E-state index contributed by atoms with van der Waals surface area (Å²) in [5.74, 6) is -0.477. The average molecular weight is 726 g/mol. The molecule has 254 valence electrons. The lowest BCUT2D eigenvalue weighted by Gasteiger charge is -2.12. The number of benzene rings is 4. The molecule has 49 heavy (non-hydrogen) atoms. The summed E-state index contributed by atoms with van der Waals surface area (Å²) in [6.45, 7) is 4.04. The van der Waals surface area contributed by atoms with Gasteiger partial charge in [0.15, 0.2) is 34.5 Å². The number of rotatable bonds is 14. The lowest BCUT2D eigenvalue weighted by Crippen LogP contribution is -2.36. The Hall–Kier alpha value is -4.50. The largest absolute Gasteiger partial charge is 0.505 e. The molecule has 18 heteroatoms. The van der Waals surface area contributed by atoms with E-state index < -0.39 is 9.84 Å². The molecule has 0 saturated heterocycles. The highest BCUT2D eigenvalue weighted by Crippen LogP contribution is 2.48. The number of fused-ring (bicyclic) bond motifs is 1. The van der Waals surface area contributed by atoms with Crippen molar-refractivity contribution < 1.29 is 47.4 Å². The SMILES string of the molecule is Cc1cccc(N=Nc2c(SOOO)cc3c(N=Nc4ccc(S(=O)(=O)CC[n+]5cccc(C)c5)cc4SOOO)c(N)ccc3c2O)c1. The van der Waals surface area contributed by atoms with Gasteiger partial charge in [0, 0.05) is 22.4 Å². The molecule has 0 saturated carbocycles. The minimum atomic E-state index is -3.76. The van der Waals surface area contributed by atoms with Crippen molar-refractivity contribution in [2.24, 2.45) is 20.5 Å². The number of anilines is 1. The van der Waals surface area contributed by atoms with Gasteiger partial charge in [0.25, 0.3) is 0 Å². The van der Waals surface area contributed by atoms with E-state index in [4.69, 9.17) is 16.2 Å². The molecule has 5 N–H and O–H groups in total. The highest BCUT2D eigenvalue weighted by atomic mass is 32.2. The summed E-state index contributed by atoms with van der Waals surface area (Å²) in [4.78, 5) is 0.311. The third kappa shape index (κ3) is 8.95. The summed E-state index contributed by atoms with van der Waals surface area (Å²) in [5.41, 5.74) is 9.23. The third-order valence-electron chi connectivity index (χ3n) is 6.98. The molecule has 0 unspecified atom stereocenters. The average Bonchev–Trinajstić information content (AvgIpc) is 3.08. The van der Waals surface area contributed by atoms with Gasteiger partial charge in [0.05, 0.1) is 50.1 Å². The number of phenols is 1. The molecule has 0 amide bonds. The number of nitrogen functional groups attached to an aromatic ring is 1. The molecule has 0 atom stereocenters. The summed E-state index contributed by atoms with van der Waals surface area (Å²) in [7, 11) is -3.76. The number of aryl methyl sites for hydroxylation is 3. The summed E-state index contributed by atoms with van der Waals surface area (Å²) >= 11 is 1.06. The van der Waals surface area contributed by atoms with Gasteiger partial charge in [0.1, 0.15) is 22.8 Å². The monoisotopic (exact) mass is 725 g/mol. The van der Waals surface area contributed by atoms with Crippen molar-refractivity contribution in [2.75, 3.05) is 11.5 Å². The van der Waals surface area contributed by atoms with Gasteiger partial charge in [-0.3, -0.25) is 0 Å². The highest BCUT2D eigenvalue weighted by Gasteiger charge is 2.21. The first-order valence-electron chi connectivity index (χ1n) is 14.2. The number of aromatic hydroxyl groups is 1. The molecule has 0 aliphatic heterocycles. The number of hydrogen-bond acceptors (Lipinski definition) is 16.